The predicted molar refractivity (Wildman–Crippen MR) is 100 cm³/mol. The fourth-order valence-electron chi connectivity index (χ4n) is 3.62. The molecule has 0 saturated carbocycles. The van der Waals surface area contributed by atoms with E-state index in [1.807, 2.05) is 36.4 Å². The van der Waals surface area contributed by atoms with E-state index in [0.717, 1.165) is 35.6 Å². The molecule has 5 heteroatoms. The summed E-state index contributed by atoms with van der Waals surface area (Å²) < 4.78 is 5.56. The number of anilines is 1. The summed E-state index contributed by atoms with van der Waals surface area (Å²) in [5.41, 5.74) is 4.15. The van der Waals surface area contributed by atoms with Gasteiger partial charge in [-0.25, -0.2) is 0 Å². The van der Waals surface area contributed by atoms with Crippen LogP contribution in [0.25, 0.3) is 11.1 Å². The van der Waals surface area contributed by atoms with Crippen molar-refractivity contribution >= 4 is 17.4 Å². The van der Waals surface area contributed by atoms with Crippen LogP contribution in [0.4, 0.5) is 5.69 Å². The number of fused-ring (bicyclic) bond motifs is 1. The fourth-order valence-corrected chi connectivity index (χ4v) is 3.62. The van der Waals surface area contributed by atoms with Gasteiger partial charge in [0.1, 0.15) is 11.5 Å². The number of carbonyl (C=O) groups is 2. The quantitative estimate of drug-likeness (QED) is 0.890. The lowest BCUT2D eigenvalue weighted by molar-refractivity contribution is -0.120. The lowest BCUT2D eigenvalue weighted by atomic mass is 10.0. The van der Waals surface area contributed by atoms with Gasteiger partial charge in [0, 0.05) is 24.6 Å². The minimum atomic E-state index is -0.315. The van der Waals surface area contributed by atoms with Crippen molar-refractivity contribution in [1.82, 2.24) is 5.32 Å². The lowest BCUT2D eigenvalue weighted by Crippen LogP contribution is -2.35. The molecule has 1 amide bonds. The Labute approximate surface area is 152 Å². The number of ether oxygens (including phenoxy) is 1. The zero-order valence-electron chi connectivity index (χ0n) is 14.7. The molecule has 1 saturated heterocycles. The largest absolute Gasteiger partial charge is 0.493 e. The normalized spacial score (nSPS) is 21.1. The van der Waals surface area contributed by atoms with Crippen LogP contribution in [-0.4, -0.2) is 30.9 Å². The van der Waals surface area contributed by atoms with Crippen LogP contribution >= 0.6 is 0 Å². The predicted octanol–water partition coefficient (Wildman–Crippen LogP) is 2.79. The highest BCUT2D eigenvalue weighted by molar-refractivity contribution is 5.96. The molecule has 5 nitrogen and oxygen atoms in total. The Hall–Kier alpha value is -2.66. The zero-order chi connectivity index (χ0) is 18.1. The average molecular weight is 350 g/mol. The summed E-state index contributed by atoms with van der Waals surface area (Å²) in [5, 5.41) is 6.10. The van der Waals surface area contributed by atoms with Crippen LogP contribution in [0.2, 0.25) is 0 Å². The SMILES string of the molecule is CC(=O)C1CNC(C(=O)Nc2cccc(-c3ccc4c(c3)CCO4)c2)C1. The summed E-state index contributed by atoms with van der Waals surface area (Å²) in [4.78, 5) is 24.0. The molecule has 1 fully saturated rings. The minimum Gasteiger partial charge on any atom is -0.493 e. The number of rotatable bonds is 4. The van der Waals surface area contributed by atoms with E-state index in [9.17, 15) is 9.59 Å². The summed E-state index contributed by atoms with van der Waals surface area (Å²) in [7, 11) is 0. The lowest BCUT2D eigenvalue weighted by Gasteiger charge is -2.12. The summed E-state index contributed by atoms with van der Waals surface area (Å²) in [6.07, 6.45) is 1.50. The number of hydrogen-bond donors (Lipinski definition) is 2. The van der Waals surface area contributed by atoms with Gasteiger partial charge in [0.2, 0.25) is 5.91 Å². The van der Waals surface area contributed by atoms with Crippen LogP contribution in [0.5, 0.6) is 5.75 Å². The van der Waals surface area contributed by atoms with Gasteiger partial charge in [0.15, 0.2) is 0 Å². The highest BCUT2D eigenvalue weighted by atomic mass is 16.5. The minimum absolute atomic E-state index is 0.0642. The molecule has 2 atom stereocenters. The molecule has 0 aromatic heterocycles. The molecule has 26 heavy (non-hydrogen) atoms. The molecule has 0 bridgehead atoms. The van der Waals surface area contributed by atoms with Gasteiger partial charge in [-0.2, -0.15) is 0 Å². The monoisotopic (exact) mass is 350 g/mol. The van der Waals surface area contributed by atoms with E-state index < -0.39 is 0 Å². The van der Waals surface area contributed by atoms with E-state index in [1.54, 1.807) is 6.92 Å². The molecule has 2 aliphatic heterocycles. The van der Waals surface area contributed by atoms with Crippen molar-refractivity contribution in [3.8, 4) is 16.9 Å². The van der Waals surface area contributed by atoms with Crippen molar-refractivity contribution in [2.75, 3.05) is 18.5 Å². The summed E-state index contributed by atoms with van der Waals surface area (Å²) in [6, 6.07) is 13.7. The Morgan fingerprint density at radius 1 is 1.15 bits per heavy atom. The Morgan fingerprint density at radius 3 is 2.81 bits per heavy atom. The first-order chi connectivity index (χ1) is 12.6. The second kappa shape index (κ2) is 6.92. The molecule has 2 N–H and O–H groups in total. The van der Waals surface area contributed by atoms with Crippen LogP contribution in [0, 0.1) is 5.92 Å². The van der Waals surface area contributed by atoms with Crippen LogP contribution in [0.15, 0.2) is 42.5 Å². The third-order valence-corrected chi connectivity index (χ3v) is 5.18. The second-order valence-corrected chi connectivity index (χ2v) is 7.00. The smallest absolute Gasteiger partial charge is 0.241 e. The number of Topliss-reactive ketones (excluding diaryl/α,β-unsaturated/α-hetero) is 1. The third-order valence-electron chi connectivity index (χ3n) is 5.18. The van der Waals surface area contributed by atoms with Crippen molar-refractivity contribution in [3.05, 3.63) is 48.0 Å². The highest BCUT2D eigenvalue weighted by Crippen LogP contribution is 2.31. The molecule has 2 aromatic carbocycles. The average Bonchev–Trinajstić information content (AvgIpc) is 3.31. The molecular weight excluding hydrogens is 328 g/mol. The maximum Gasteiger partial charge on any atom is 0.241 e. The Kier molecular flexibility index (Phi) is 4.47. The van der Waals surface area contributed by atoms with Crippen LogP contribution in [-0.2, 0) is 16.0 Å². The Balaban J connectivity index is 1.48. The first-order valence-electron chi connectivity index (χ1n) is 9.01. The van der Waals surface area contributed by atoms with E-state index >= 15 is 0 Å². The molecule has 4 rings (SSSR count). The van der Waals surface area contributed by atoms with Gasteiger partial charge >= 0.3 is 0 Å². The van der Waals surface area contributed by atoms with Crippen molar-refractivity contribution < 1.29 is 14.3 Å². The molecule has 2 aliphatic rings. The molecule has 0 radical (unpaired) electrons. The van der Waals surface area contributed by atoms with Gasteiger partial charge in [-0.15, -0.1) is 0 Å². The van der Waals surface area contributed by atoms with Crippen molar-refractivity contribution in [1.29, 1.82) is 0 Å². The number of benzene rings is 2. The highest BCUT2D eigenvalue weighted by Gasteiger charge is 2.31. The number of ketones is 1. The number of nitrogens with one attached hydrogen (secondary N) is 2. The fraction of sp³-hybridized carbons (Fsp3) is 0.333. The number of amides is 1. The van der Waals surface area contributed by atoms with Gasteiger partial charge < -0.3 is 15.4 Å². The summed E-state index contributed by atoms with van der Waals surface area (Å²) in [5.74, 6) is 0.944. The van der Waals surface area contributed by atoms with Crippen molar-refractivity contribution in [3.63, 3.8) is 0 Å². The topological polar surface area (TPSA) is 67.4 Å². The molecule has 0 spiro atoms. The number of carbonyl (C=O) groups excluding carboxylic acids is 2. The van der Waals surface area contributed by atoms with Crippen LogP contribution in [0.1, 0.15) is 18.9 Å². The van der Waals surface area contributed by atoms with Crippen molar-refractivity contribution in [2.45, 2.75) is 25.8 Å². The van der Waals surface area contributed by atoms with E-state index in [1.165, 1.54) is 5.56 Å². The van der Waals surface area contributed by atoms with Crippen molar-refractivity contribution in [2.24, 2.45) is 5.92 Å². The van der Waals surface area contributed by atoms with Gasteiger partial charge in [-0.3, -0.25) is 9.59 Å². The maximum atomic E-state index is 12.5. The van der Waals surface area contributed by atoms with E-state index in [0.29, 0.717) is 13.0 Å². The standard InChI is InChI=1S/C21H22N2O3/c1-13(24)17-11-19(22-12-17)21(25)23-18-4-2-3-14(10-18)15-5-6-20-16(9-15)7-8-26-20/h2-6,9-10,17,19,22H,7-8,11-12H2,1H3,(H,23,25). The Morgan fingerprint density at radius 2 is 2.00 bits per heavy atom. The first kappa shape index (κ1) is 16.8. The third kappa shape index (κ3) is 3.35. The molecule has 2 unspecified atom stereocenters. The molecule has 134 valence electrons. The van der Waals surface area contributed by atoms with Gasteiger partial charge in [0.05, 0.1) is 12.6 Å². The van der Waals surface area contributed by atoms with E-state index in [-0.39, 0.29) is 23.7 Å². The maximum absolute atomic E-state index is 12.5. The molecule has 2 heterocycles. The van der Waals surface area contributed by atoms with Gasteiger partial charge in [-0.05, 0) is 54.3 Å². The van der Waals surface area contributed by atoms with Gasteiger partial charge in [0.25, 0.3) is 0 Å². The van der Waals surface area contributed by atoms with Crippen LogP contribution in [0.3, 0.4) is 0 Å². The molecular formula is C21H22N2O3. The zero-order valence-corrected chi connectivity index (χ0v) is 14.7. The van der Waals surface area contributed by atoms with E-state index in [2.05, 4.69) is 16.7 Å². The van der Waals surface area contributed by atoms with E-state index in [4.69, 9.17) is 4.74 Å². The van der Waals surface area contributed by atoms with Gasteiger partial charge in [-0.1, -0.05) is 18.2 Å². The first-order valence-corrected chi connectivity index (χ1v) is 9.01. The van der Waals surface area contributed by atoms with Crippen LogP contribution < -0.4 is 15.4 Å². The second-order valence-electron chi connectivity index (χ2n) is 7.00. The molecule has 0 aliphatic carbocycles. The number of hydrogen-bond acceptors (Lipinski definition) is 4. The summed E-state index contributed by atoms with van der Waals surface area (Å²) in [6.45, 7) is 2.90. The Bertz CT molecular complexity index is 862. The summed E-state index contributed by atoms with van der Waals surface area (Å²) >= 11 is 0. The molecule has 2 aromatic rings.